The molecule has 4 N–H and O–H groups in total. The molecule has 2 rings (SSSR count). The zero-order valence-electron chi connectivity index (χ0n) is 15.0. The number of aromatic nitrogens is 1. The standard InChI is InChI=1S/C17H20F3N5O2S/c1-2-21-16(24-9-14-25-13(10-28-14)17(18,19)20)23-8-7-22-15(27)11-5-3-4-6-12(11)26/h3-6,10,26H,2,7-9H2,1H3,(H,22,27)(H2,21,23,24). The minimum atomic E-state index is -4.47. The Morgan fingerprint density at radius 3 is 2.57 bits per heavy atom. The number of carbonyl (C=O) groups is 1. The molecule has 0 aliphatic rings. The first-order valence-electron chi connectivity index (χ1n) is 8.41. The van der Waals surface area contributed by atoms with Crippen molar-refractivity contribution >= 4 is 23.2 Å². The Hall–Kier alpha value is -2.82. The van der Waals surface area contributed by atoms with Gasteiger partial charge in [-0.3, -0.25) is 4.79 Å². The smallest absolute Gasteiger partial charge is 0.434 e. The molecule has 1 amide bonds. The van der Waals surface area contributed by atoms with Crippen molar-refractivity contribution in [3.05, 3.63) is 45.9 Å². The van der Waals surface area contributed by atoms with Crippen LogP contribution in [0.3, 0.4) is 0 Å². The molecule has 0 radical (unpaired) electrons. The third-order valence-electron chi connectivity index (χ3n) is 3.41. The number of rotatable bonds is 7. The molecular weight excluding hydrogens is 395 g/mol. The molecule has 11 heteroatoms. The highest BCUT2D eigenvalue weighted by Gasteiger charge is 2.33. The fraction of sp³-hybridized carbons (Fsp3) is 0.353. The van der Waals surface area contributed by atoms with Crippen molar-refractivity contribution in [3.8, 4) is 5.75 Å². The average molecular weight is 415 g/mol. The highest BCUT2D eigenvalue weighted by atomic mass is 32.1. The number of guanidine groups is 1. The van der Waals surface area contributed by atoms with Gasteiger partial charge < -0.3 is 21.1 Å². The minimum Gasteiger partial charge on any atom is -0.507 e. The Morgan fingerprint density at radius 1 is 1.21 bits per heavy atom. The summed E-state index contributed by atoms with van der Waals surface area (Å²) >= 11 is 0.893. The van der Waals surface area contributed by atoms with E-state index in [0.29, 0.717) is 19.0 Å². The number of phenolic OH excluding ortho intramolecular Hbond substituents is 1. The van der Waals surface area contributed by atoms with Crippen LogP contribution in [0.5, 0.6) is 5.75 Å². The number of phenols is 1. The van der Waals surface area contributed by atoms with Gasteiger partial charge in [0.2, 0.25) is 0 Å². The van der Waals surface area contributed by atoms with Crippen LogP contribution >= 0.6 is 11.3 Å². The summed E-state index contributed by atoms with van der Waals surface area (Å²) in [5.41, 5.74) is -0.750. The molecule has 28 heavy (non-hydrogen) atoms. The lowest BCUT2D eigenvalue weighted by molar-refractivity contribution is -0.140. The Balaban J connectivity index is 1.83. The number of aliphatic imine (C=N–C) groups is 1. The number of nitrogens with one attached hydrogen (secondary N) is 3. The van der Waals surface area contributed by atoms with Crippen LogP contribution in [0.25, 0.3) is 0 Å². The molecular formula is C17H20F3N5O2S. The third-order valence-corrected chi connectivity index (χ3v) is 4.24. The maximum absolute atomic E-state index is 12.6. The van der Waals surface area contributed by atoms with Crippen molar-refractivity contribution < 1.29 is 23.1 Å². The van der Waals surface area contributed by atoms with Gasteiger partial charge in [0.15, 0.2) is 11.7 Å². The molecule has 0 bridgehead atoms. The van der Waals surface area contributed by atoms with Gasteiger partial charge in [-0.1, -0.05) is 12.1 Å². The van der Waals surface area contributed by atoms with Gasteiger partial charge in [-0.25, -0.2) is 9.98 Å². The van der Waals surface area contributed by atoms with Crippen molar-refractivity contribution in [2.24, 2.45) is 4.99 Å². The Kier molecular flexibility index (Phi) is 7.61. The van der Waals surface area contributed by atoms with Crippen LogP contribution in [0.4, 0.5) is 13.2 Å². The monoisotopic (exact) mass is 415 g/mol. The number of hydrogen-bond donors (Lipinski definition) is 4. The second-order valence-electron chi connectivity index (χ2n) is 5.52. The first kappa shape index (κ1) is 21.5. The molecule has 1 heterocycles. The molecule has 0 unspecified atom stereocenters. The molecule has 7 nitrogen and oxygen atoms in total. The fourth-order valence-electron chi connectivity index (χ4n) is 2.12. The van der Waals surface area contributed by atoms with Gasteiger partial charge in [-0.05, 0) is 19.1 Å². The highest BCUT2D eigenvalue weighted by Crippen LogP contribution is 2.30. The summed E-state index contributed by atoms with van der Waals surface area (Å²) in [5, 5.41) is 19.4. The van der Waals surface area contributed by atoms with Crippen LogP contribution in [0.15, 0.2) is 34.6 Å². The summed E-state index contributed by atoms with van der Waals surface area (Å²) in [7, 11) is 0. The van der Waals surface area contributed by atoms with Crippen LogP contribution in [0, 0.1) is 0 Å². The van der Waals surface area contributed by atoms with E-state index in [2.05, 4.69) is 25.9 Å². The zero-order chi connectivity index (χ0) is 20.6. The minimum absolute atomic E-state index is 0.000324. The SMILES string of the molecule is CCNC(=NCc1nc(C(F)(F)F)cs1)NCCNC(=O)c1ccccc1O. The fourth-order valence-corrected chi connectivity index (χ4v) is 2.84. The van der Waals surface area contributed by atoms with Crippen molar-refractivity contribution in [1.82, 2.24) is 20.9 Å². The van der Waals surface area contributed by atoms with Gasteiger partial charge >= 0.3 is 6.18 Å². The number of amides is 1. The summed E-state index contributed by atoms with van der Waals surface area (Å²) < 4.78 is 37.7. The zero-order valence-corrected chi connectivity index (χ0v) is 15.8. The van der Waals surface area contributed by atoms with Crippen LogP contribution in [0.2, 0.25) is 0 Å². The predicted molar refractivity (Wildman–Crippen MR) is 100 cm³/mol. The number of nitrogens with zero attached hydrogens (tertiary/aromatic N) is 2. The van der Waals surface area contributed by atoms with E-state index in [0.717, 1.165) is 16.7 Å². The molecule has 0 saturated carbocycles. The molecule has 0 spiro atoms. The summed E-state index contributed by atoms with van der Waals surface area (Å²) in [4.78, 5) is 19.7. The Morgan fingerprint density at radius 2 is 1.93 bits per heavy atom. The van der Waals surface area contributed by atoms with Crippen LogP contribution in [-0.4, -0.2) is 41.6 Å². The van der Waals surface area contributed by atoms with Crippen LogP contribution in [-0.2, 0) is 12.7 Å². The van der Waals surface area contributed by atoms with Crippen LogP contribution < -0.4 is 16.0 Å². The molecule has 0 atom stereocenters. The number of benzene rings is 1. The van der Waals surface area contributed by atoms with E-state index in [1.54, 1.807) is 12.1 Å². The normalized spacial score (nSPS) is 11.9. The molecule has 0 saturated heterocycles. The molecule has 0 aliphatic carbocycles. The van der Waals surface area contributed by atoms with Crippen molar-refractivity contribution in [3.63, 3.8) is 0 Å². The second kappa shape index (κ2) is 9.93. The molecule has 1 aromatic heterocycles. The van der Waals surface area contributed by atoms with E-state index in [1.807, 2.05) is 6.92 Å². The van der Waals surface area contributed by atoms with Gasteiger partial charge in [0.25, 0.3) is 5.91 Å². The van der Waals surface area contributed by atoms with E-state index >= 15 is 0 Å². The maximum atomic E-state index is 12.6. The summed E-state index contributed by atoms with van der Waals surface area (Å²) in [6.07, 6.45) is -4.47. The maximum Gasteiger partial charge on any atom is 0.434 e. The molecule has 152 valence electrons. The molecule has 1 aromatic carbocycles. The van der Waals surface area contributed by atoms with Crippen molar-refractivity contribution in [1.29, 1.82) is 0 Å². The Bertz CT molecular complexity index is 823. The average Bonchev–Trinajstić information content (AvgIpc) is 3.13. The number of halogens is 3. The van der Waals surface area contributed by atoms with E-state index < -0.39 is 17.8 Å². The number of carbonyl (C=O) groups excluding carboxylic acids is 1. The number of thiazole rings is 1. The lowest BCUT2D eigenvalue weighted by Gasteiger charge is -2.12. The van der Waals surface area contributed by atoms with E-state index in [4.69, 9.17) is 0 Å². The van der Waals surface area contributed by atoms with E-state index in [9.17, 15) is 23.1 Å². The lowest BCUT2D eigenvalue weighted by atomic mass is 10.2. The highest BCUT2D eigenvalue weighted by molar-refractivity contribution is 7.09. The van der Waals surface area contributed by atoms with E-state index in [-0.39, 0.29) is 29.4 Å². The summed E-state index contributed by atoms with van der Waals surface area (Å²) in [5.74, 6) is -0.128. The predicted octanol–water partition coefficient (Wildman–Crippen LogP) is 2.35. The molecule has 0 fully saturated rings. The van der Waals surface area contributed by atoms with Crippen LogP contribution in [0.1, 0.15) is 28.0 Å². The number of hydrogen-bond acceptors (Lipinski definition) is 5. The number of aromatic hydroxyl groups is 1. The largest absolute Gasteiger partial charge is 0.507 e. The van der Waals surface area contributed by atoms with E-state index in [1.165, 1.54) is 12.1 Å². The number of alkyl halides is 3. The van der Waals surface area contributed by atoms with Gasteiger partial charge in [0, 0.05) is 25.0 Å². The molecule has 0 aliphatic heterocycles. The summed E-state index contributed by atoms with van der Waals surface area (Å²) in [6.45, 7) is 2.99. The number of para-hydroxylation sites is 1. The Labute approximate surface area is 163 Å². The quantitative estimate of drug-likeness (QED) is 0.316. The van der Waals surface area contributed by atoms with Gasteiger partial charge in [-0.2, -0.15) is 13.2 Å². The van der Waals surface area contributed by atoms with Gasteiger partial charge in [0.05, 0.1) is 12.1 Å². The lowest BCUT2D eigenvalue weighted by Crippen LogP contribution is -2.41. The third kappa shape index (κ3) is 6.41. The second-order valence-corrected chi connectivity index (χ2v) is 6.46. The van der Waals surface area contributed by atoms with Crippen molar-refractivity contribution in [2.45, 2.75) is 19.6 Å². The van der Waals surface area contributed by atoms with Crippen molar-refractivity contribution in [2.75, 3.05) is 19.6 Å². The topological polar surface area (TPSA) is 98.6 Å². The first-order valence-corrected chi connectivity index (χ1v) is 9.29. The van der Waals surface area contributed by atoms with Gasteiger partial charge in [-0.15, -0.1) is 11.3 Å². The van der Waals surface area contributed by atoms with Gasteiger partial charge in [0.1, 0.15) is 10.8 Å². The molecule has 2 aromatic rings. The first-order chi connectivity index (χ1) is 13.3. The summed E-state index contributed by atoms with van der Waals surface area (Å²) in [6, 6.07) is 6.19.